The number of furan rings is 1. The van der Waals surface area contributed by atoms with Gasteiger partial charge in [-0.3, -0.25) is 0 Å². The molecule has 0 aliphatic rings. The van der Waals surface area contributed by atoms with Crippen LogP contribution in [0.4, 0.5) is 0 Å². The average Bonchev–Trinajstić information content (AvgIpc) is 2.85. The first-order valence-corrected chi connectivity index (χ1v) is 5.71. The van der Waals surface area contributed by atoms with E-state index in [1.807, 2.05) is 19.2 Å². The number of benzene rings is 1. The summed E-state index contributed by atoms with van der Waals surface area (Å²) in [5, 5.41) is 3.12. The molecule has 2 rings (SSSR count). The summed E-state index contributed by atoms with van der Waals surface area (Å²) < 4.78 is 10.7. The van der Waals surface area contributed by atoms with Gasteiger partial charge in [0.05, 0.1) is 12.9 Å². The maximum absolute atomic E-state index is 5.55. The summed E-state index contributed by atoms with van der Waals surface area (Å²) in [6, 6.07) is 12.2. The van der Waals surface area contributed by atoms with Gasteiger partial charge in [0.1, 0.15) is 12.4 Å². The van der Waals surface area contributed by atoms with Gasteiger partial charge in [-0.25, -0.2) is 0 Å². The topological polar surface area (TPSA) is 34.4 Å². The SMILES string of the molecule is CNCc1ccc(COCc2ccco2)cc1. The molecule has 0 saturated heterocycles. The Morgan fingerprint density at radius 3 is 2.47 bits per heavy atom. The molecule has 3 heteroatoms. The minimum absolute atomic E-state index is 0.519. The van der Waals surface area contributed by atoms with Crippen LogP contribution in [0.5, 0.6) is 0 Å². The fourth-order valence-electron chi connectivity index (χ4n) is 1.62. The Balaban J connectivity index is 1.79. The van der Waals surface area contributed by atoms with Gasteiger partial charge in [-0.2, -0.15) is 0 Å². The molecule has 17 heavy (non-hydrogen) atoms. The van der Waals surface area contributed by atoms with Gasteiger partial charge < -0.3 is 14.5 Å². The van der Waals surface area contributed by atoms with Crippen molar-refractivity contribution < 1.29 is 9.15 Å². The zero-order valence-electron chi connectivity index (χ0n) is 9.98. The van der Waals surface area contributed by atoms with Crippen molar-refractivity contribution in [2.45, 2.75) is 19.8 Å². The number of hydrogen-bond acceptors (Lipinski definition) is 3. The second-order valence-electron chi connectivity index (χ2n) is 3.92. The predicted molar refractivity (Wildman–Crippen MR) is 66.4 cm³/mol. The van der Waals surface area contributed by atoms with Crippen LogP contribution in [-0.2, 0) is 24.5 Å². The molecule has 0 atom stereocenters. The van der Waals surface area contributed by atoms with Crippen LogP contribution >= 0.6 is 0 Å². The van der Waals surface area contributed by atoms with Crippen molar-refractivity contribution in [3.05, 3.63) is 59.5 Å². The second-order valence-corrected chi connectivity index (χ2v) is 3.92. The summed E-state index contributed by atoms with van der Waals surface area (Å²) in [6.07, 6.45) is 1.66. The minimum Gasteiger partial charge on any atom is -0.467 e. The maximum atomic E-state index is 5.55. The molecule has 0 spiro atoms. The fourth-order valence-corrected chi connectivity index (χ4v) is 1.62. The third-order valence-electron chi connectivity index (χ3n) is 2.50. The third-order valence-corrected chi connectivity index (χ3v) is 2.50. The lowest BCUT2D eigenvalue weighted by molar-refractivity contribution is 0.0929. The highest BCUT2D eigenvalue weighted by Gasteiger charge is 1.97. The molecule has 0 bridgehead atoms. The van der Waals surface area contributed by atoms with Gasteiger partial charge >= 0.3 is 0 Å². The molecular weight excluding hydrogens is 214 g/mol. The number of nitrogens with one attached hydrogen (secondary N) is 1. The Morgan fingerprint density at radius 2 is 1.82 bits per heavy atom. The molecule has 90 valence electrons. The van der Waals surface area contributed by atoms with Crippen LogP contribution in [-0.4, -0.2) is 7.05 Å². The molecule has 0 radical (unpaired) electrons. The van der Waals surface area contributed by atoms with Crippen LogP contribution in [0.1, 0.15) is 16.9 Å². The molecule has 0 saturated carbocycles. The maximum Gasteiger partial charge on any atom is 0.129 e. The first kappa shape index (κ1) is 11.9. The Labute approximate surface area is 101 Å². The van der Waals surface area contributed by atoms with E-state index in [0.717, 1.165) is 12.3 Å². The van der Waals surface area contributed by atoms with E-state index in [-0.39, 0.29) is 0 Å². The average molecular weight is 231 g/mol. The normalized spacial score (nSPS) is 10.6. The zero-order chi connectivity index (χ0) is 11.9. The zero-order valence-corrected chi connectivity index (χ0v) is 9.98. The molecular formula is C14H17NO2. The first-order valence-electron chi connectivity index (χ1n) is 5.71. The molecule has 1 aromatic heterocycles. The van der Waals surface area contributed by atoms with Gasteiger partial charge in [0.15, 0.2) is 0 Å². The van der Waals surface area contributed by atoms with Crippen molar-refractivity contribution in [1.29, 1.82) is 0 Å². The fraction of sp³-hybridized carbons (Fsp3) is 0.286. The molecule has 2 aromatic rings. The molecule has 3 nitrogen and oxygen atoms in total. The molecule has 0 aliphatic heterocycles. The number of rotatable bonds is 6. The highest BCUT2D eigenvalue weighted by atomic mass is 16.5. The lowest BCUT2D eigenvalue weighted by Crippen LogP contribution is -2.04. The van der Waals surface area contributed by atoms with E-state index in [1.165, 1.54) is 11.1 Å². The highest BCUT2D eigenvalue weighted by molar-refractivity contribution is 5.21. The monoisotopic (exact) mass is 231 g/mol. The van der Waals surface area contributed by atoms with Gasteiger partial charge in [0, 0.05) is 6.54 Å². The highest BCUT2D eigenvalue weighted by Crippen LogP contribution is 2.08. The van der Waals surface area contributed by atoms with Crippen molar-refractivity contribution in [3.63, 3.8) is 0 Å². The molecule has 1 aromatic carbocycles. The molecule has 0 amide bonds. The smallest absolute Gasteiger partial charge is 0.129 e. The summed E-state index contributed by atoms with van der Waals surface area (Å²) in [6.45, 7) is 2.03. The minimum atomic E-state index is 0.519. The van der Waals surface area contributed by atoms with Gasteiger partial charge in [-0.15, -0.1) is 0 Å². The van der Waals surface area contributed by atoms with Crippen molar-refractivity contribution in [1.82, 2.24) is 5.32 Å². The standard InChI is InChI=1S/C14H17NO2/c1-15-9-12-4-6-13(7-5-12)10-16-11-14-3-2-8-17-14/h2-8,15H,9-11H2,1H3. The Kier molecular flexibility index (Phi) is 4.36. The van der Waals surface area contributed by atoms with Gasteiger partial charge in [-0.1, -0.05) is 24.3 Å². The van der Waals surface area contributed by atoms with E-state index < -0.39 is 0 Å². The van der Waals surface area contributed by atoms with E-state index in [4.69, 9.17) is 9.15 Å². The van der Waals surface area contributed by atoms with E-state index in [1.54, 1.807) is 6.26 Å². The summed E-state index contributed by atoms with van der Waals surface area (Å²) in [5.74, 6) is 0.858. The molecule has 0 aliphatic carbocycles. The third kappa shape index (κ3) is 3.73. The first-order chi connectivity index (χ1) is 8.38. The van der Waals surface area contributed by atoms with Gasteiger partial charge in [0.25, 0.3) is 0 Å². The van der Waals surface area contributed by atoms with Crippen molar-refractivity contribution >= 4 is 0 Å². The quantitative estimate of drug-likeness (QED) is 0.830. The second kappa shape index (κ2) is 6.23. The summed E-state index contributed by atoms with van der Waals surface area (Å²) >= 11 is 0. The van der Waals surface area contributed by atoms with Crippen LogP contribution in [0.15, 0.2) is 47.1 Å². The van der Waals surface area contributed by atoms with E-state index in [9.17, 15) is 0 Å². The van der Waals surface area contributed by atoms with Gasteiger partial charge in [-0.05, 0) is 30.3 Å². The summed E-state index contributed by atoms with van der Waals surface area (Å²) in [5.41, 5.74) is 2.46. The van der Waals surface area contributed by atoms with Crippen molar-refractivity contribution in [2.75, 3.05) is 7.05 Å². The predicted octanol–water partition coefficient (Wildman–Crippen LogP) is 2.72. The lowest BCUT2D eigenvalue weighted by Gasteiger charge is -2.04. The summed E-state index contributed by atoms with van der Waals surface area (Å²) in [4.78, 5) is 0. The molecule has 1 N–H and O–H groups in total. The molecule has 1 heterocycles. The van der Waals surface area contributed by atoms with Crippen LogP contribution in [0, 0.1) is 0 Å². The summed E-state index contributed by atoms with van der Waals surface area (Å²) in [7, 11) is 1.94. The van der Waals surface area contributed by atoms with E-state index in [0.29, 0.717) is 13.2 Å². The van der Waals surface area contributed by atoms with Crippen LogP contribution in [0.2, 0.25) is 0 Å². The van der Waals surface area contributed by atoms with Crippen molar-refractivity contribution in [3.8, 4) is 0 Å². The van der Waals surface area contributed by atoms with Crippen LogP contribution in [0.3, 0.4) is 0 Å². The lowest BCUT2D eigenvalue weighted by atomic mass is 10.1. The Hall–Kier alpha value is -1.58. The Morgan fingerprint density at radius 1 is 1.06 bits per heavy atom. The van der Waals surface area contributed by atoms with E-state index >= 15 is 0 Å². The van der Waals surface area contributed by atoms with Crippen molar-refractivity contribution in [2.24, 2.45) is 0 Å². The van der Waals surface area contributed by atoms with Crippen LogP contribution < -0.4 is 5.32 Å². The van der Waals surface area contributed by atoms with Gasteiger partial charge in [0.2, 0.25) is 0 Å². The number of ether oxygens (including phenoxy) is 1. The number of hydrogen-bond donors (Lipinski definition) is 1. The Bertz CT molecular complexity index is 420. The molecule has 0 fully saturated rings. The molecule has 0 unspecified atom stereocenters. The largest absolute Gasteiger partial charge is 0.467 e. The van der Waals surface area contributed by atoms with E-state index in [2.05, 4.69) is 29.6 Å². The van der Waals surface area contributed by atoms with Crippen LogP contribution in [0.25, 0.3) is 0 Å².